The summed E-state index contributed by atoms with van der Waals surface area (Å²) in [6, 6.07) is 12.2. The first-order valence-electron chi connectivity index (χ1n) is 11.4. The molecule has 0 bridgehead atoms. The number of nitrogens with one attached hydrogen (secondary N) is 1. The molecule has 3 aromatic rings. The van der Waals surface area contributed by atoms with Crippen molar-refractivity contribution in [3.8, 4) is 0 Å². The third-order valence-electron chi connectivity index (χ3n) is 6.65. The molecule has 10 heteroatoms. The van der Waals surface area contributed by atoms with Crippen LogP contribution in [0.25, 0.3) is 11.0 Å². The second-order valence-electron chi connectivity index (χ2n) is 8.80. The van der Waals surface area contributed by atoms with Crippen molar-refractivity contribution < 1.29 is 13.3 Å². The van der Waals surface area contributed by atoms with E-state index < -0.39 is 14.9 Å². The van der Waals surface area contributed by atoms with Gasteiger partial charge >= 0.3 is 0 Å². The van der Waals surface area contributed by atoms with Gasteiger partial charge in [0.2, 0.25) is 10.0 Å². The smallest absolute Gasteiger partial charge is 0.293 e. The van der Waals surface area contributed by atoms with Crippen molar-refractivity contribution in [1.29, 1.82) is 0 Å². The number of hydrogen-bond acceptors (Lipinski definition) is 6. The minimum Gasteiger partial charge on any atom is -0.365 e. The van der Waals surface area contributed by atoms with E-state index in [-0.39, 0.29) is 16.5 Å². The van der Waals surface area contributed by atoms with E-state index in [4.69, 9.17) is 4.98 Å². The maximum atomic E-state index is 13.0. The summed E-state index contributed by atoms with van der Waals surface area (Å²) in [6.07, 6.45) is 4.44. The van der Waals surface area contributed by atoms with Crippen molar-refractivity contribution in [2.45, 2.75) is 42.9 Å². The van der Waals surface area contributed by atoms with Gasteiger partial charge in [-0.2, -0.15) is 4.31 Å². The Morgan fingerprint density at radius 2 is 1.82 bits per heavy atom. The minimum atomic E-state index is -3.74. The minimum absolute atomic E-state index is 0.00862. The lowest BCUT2D eigenvalue weighted by atomic mass is 9.96. The van der Waals surface area contributed by atoms with Crippen molar-refractivity contribution in [3.05, 3.63) is 58.4 Å². The molecule has 2 aromatic carbocycles. The molecule has 3 heterocycles. The standard InChI is InChI=1S/C23H27N5O4S/c29-28(30)22-15-18(33(31,32)27-13-4-1-5-14-27)10-11-21(22)26-12-6-7-17(16-26)23-24-19-8-2-3-9-20(19)25-23/h2-3,8-11,15,17H,1,4-7,12-14,16H2,(H,24,25)/t17-/m0/s1. The lowest BCUT2D eigenvalue weighted by molar-refractivity contribution is -0.384. The van der Waals surface area contributed by atoms with Gasteiger partial charge in [0.05, 0.1) is 20.9 Å². The molecule has 0 unspecified atom stereocenters. The summed E-state index contributed by atoms with van der Waals surface area (Å²) in [6.45, 7) is 2.18. The predicted molar refractivity (Wildman–Crippen MR) is 126 cm³/mol. The summed E-state index contributed by atoms with van der Waals surface area (Å²) < 4.78 is 27.5. The molecule has 2 aliphatic rings. The van der Waals surface area contributed by atoms with Gasteiger partial charge in [0.25, 0.3) is 5.69 Å². The molecule has 2 aliphatic heterocycles. The molecule has 2 saturated heterocycles. The second-order valence-corrected chi connectivity index (χ2v) is 10.7. The van der Waals surface area contributed by atoms with Gasteiger partial charge in [0, 0.05) is 38.2 Å². The van der Waals surface area contributed by atoms with E-state index in [0.29, 0.717) is 31.9 Å². The number of sulfonamides is 1. The quantitative estimate of drug-likeness (QED) is 0.446. The summed E-state index contributed by atoms with van der Waals surface area (Å²) in [5.74, 6) is 0.996. The maximum Gasteiger partial charge on any atom is 0.293 e. The number of anilines is 1. The molecule has 5 rings (SSSR count). The van der Waals surface area contributed by atoms with Crippen LogP contribution < -0.4 is 4.90 Å². The topological polar surface area (TPSA) is 112 Å². The molecular formula is C23H27N5O4S. The van der Waals surface area contributed by atoms with Crippen molar-refractivity contribution >= 4 is 32.4 Å². The van der Waals surface area contributed by atoms with Crippen molar-refractivity contribution in [1.82, 2.24) is 14.3 Å². The van der Waals surface area contributed by atoms with Crippen LogP contribution in [0.3, 0.4) is 0 Å². The first-order valence-corrected chi connectivity index (χ1v) is 12.9. The van der Waals surface area contributed by atoms with E-state index >= 15 is 0 Å². The number of H-pyrrole nitrogens is 1. The lowest BCUT2D eigenvalue weighted by Gasteiger charge is -2.33. The molecule has 0 spiro atoms. The van der Waals surface area contributed by atoms with Gasteiger partial charge < -0.3 is 9.88 Å². The fourth-order valence-corrected chi connectivity index (χ4v) is 6.45. The highest BCUT2D eigenvalue weighted by Gasteiger charge is 2.32. The molecule has 1 atom stereocenters. The number of fused-ring (bicyclic) bond motifs is 1. The van der Waals surface area contributed by atoms with Crippen LogP contribution in [-0.4, -0.2) is 53.8 Å². The van der Waals surface area contributed by atoms with Crippen LogP contribution in [0.4, 0.5) is 11.4 Å². The Morgan fingerprint density at radius 1 is 1.03 bits per heavy atom. The number of piperidine rings is 2. The van der Waals surface area contributed by atoms with Crippen LogP contribution >= 0.6 is 0 Å². The van der Waals surface area contributed by atoms with E-state index in [0.717, 1.165) is 49.0 Å². The number of nitro groups is 1. The van der Waals surface area contributed by atoms with E-state index in [1.807, 2.05) is 29.2 Å². The summed E-state index contributed by atoms with van der Waals surface area (Å²) in [7, 11) is -3.74. The average molecular weight is 470 g/mol. The van der Waals surface area contributed by atoms with Gasteiger partial charge in [0.1, 0.15) is 11.5 Å². The molecule has 1 aromatic heterocycles. The normalized spacial score (nSPS) is 20.2. The number of hydrogen-bond donors (Lipinski definition) is 1. The summed E-state index contributed by atoms with van der Waals surface area (Å²) in [4.78, 5) is 21.5. The predicted octanol–water partition coefficient (Wildman–Crippen LogP) is 4.03. The van der Waals surface area contributed by atoms with Crippen LogP contribution in [0, 0.1) is 10.1 Å². The zero-order valence-corrected chi connectivity index (χ0v) is 19.1. The average Bonchev–Trinajstić information content (AvgIpc) is 3.29. The summed E-state index contributed by atoms with van der Waals surface area (Å²) in [5.41, 5.74) is 2.17. The van der Waals surface area contributed by atoms with Crippen LogP contribution in [-0.2, 0) is 10.0 Å². The van der Waals surface area contributed by atoms with Crippen LogP contribution in [0.1, 0.15) is 43.8 Å². The zero-order chi connectivity index (χ0) is 23.0. The number of benzene rings is 2. The molecule has 2 fully saturated rings. The van der Waals surface area contributed by atoms with Crippen molar-refractivity contribution in [3.63, 3.8) is 0 Å². The van der Waals surface area contributed by atoms with Crippen LogP contribution in [0.5, 0.6) is 0 Å². The SMILES string of the molecule is O=[N+]([O-])c1cc(S(=O)(=O)N2CCCCC2)ccc1N1CCC[C@H](c2nc3ccccc3[nH]2)C1. The highest BCUT2D eigenvalue weighted by Crippen LogP contribution is 2.36. The molecular weight excluding hydrogens is 442 g/mol. The second kappa shape index (κ2) is 8.75. The van der Waals surface area contributed by atoms with Gasteiger partial charge in [-0.1, -0.05) is 18.6 Å². The third-order valence-corrected chi connectivity index (χ3v) is 8.55. The largest absolute Gasteiger partial charge is 0.365 e. The first-order chi connectivity index (χ1) is 15.9. The molecule has 9 nitrogen and oxygen atoms in total. The Balaban J connectivity index is 1.43. The fourth-order valence-electron chi connectivity index (χ4n) is 4.92. The van der Waals surface area contributed by atoms with Crippen molar-refractivity contribution in [2.75, 3.05) is 31.1 Å². The first kappa shape index (κ1) is 21.8. The van der Waals surface area contributed by atoms with E-state index in [9.17, 15) is 18.5 Å². The van der Waals surface area contributed by atoms with E-state index in [2.05, 4.69) is 4.98 Å². The molecule has 0 aliphatic carbocycles. The number of nitrogens with zero attached hydrogens (tertiary/aromatic N) is 4. The van der Waals surface area contributed by atoms with E-state index in [1.165, 1.54) is 16.4 Å². The number of imidazole rings is 1. The zero-order valence-electron chi connectivity index (χ0n) is 18.3. The fraction of sp³-hybridized carbons (Fsp3) is 0.435. The van der Waals surface area contributed by atoms with Gasteiger partial charge in [0.15, 0.2) is 0 Å². The molecule has 0 radical (unpaired) electrons. The molecule has 0 saturated carbocycles. The Bertz CT molecular complexity index is 1250. The van der Waals surface area contributed by atoms with E-state index in [1.54, 1.807) is 6.07 Å². The van der Waals surface area contributed by atoms with Gasteiger partial charge in [-0.3, -0.25) is 10.1 Å². The number of aromatic amines is 1. The highest BCUT2D eigenvalue weighted by atomic mass is 32.2. The number of nitro benzene ring substituents is 1. The number of aromatic nitrogens is 2. The van der Waals surface area contributed by atoms with Gasteiger partial charge in [-0.25, -0.2) is 13.4 Å². The Hall–Kier alpha value is -2.98. The lowest BCUT2D eigenvalue weighted by Crippen LogP contribution is -2.36. The monoisotopic (exact) mass is 469 g/mol. The molecule has 1 N–H and O–H groups in total. The maximum absolute atomic E-state index is 13.0. The molecule has 0 amide bonds. The summed E-state index contributed by atoms with van der Waals surface area (Å²) >= 11 is 0. The Labute approximate surface area is 192 Å². The Morgan fingerprint density at radius 3 is 2.58 bits per heavy atom. The molecule has 33 heavy (non-hydrogen) atoms. The van der Waals surface area contributed by atoms with Gasteiger partial charge in [-0.15, -0.1) is 0 Å². The highest BCUT2D eigenvalue weighted by molar-refractivity contribution is 7.89. The Kier molecular flexibility index (Phi) is 5.79. The van der Waals surface area contributed by atoms with Gasteiger partial charge in [-0.05, 0) is 49.9 Å². The van der Waals surface area contributed by atoms with Crippen LogP contribution in [0.2, 0.25) is 0 Å². The number of para-hydroxylation sites is 2. The summed E-state index contributed by atoms with van der Waals surface area (Å²) in [5, 5.41) is 11.9. The third kappa shape index (κ3) is 4.20. The number of rotatable bonds is 5. The van der Waals surface area contributed by atoms with Crippen LogP contribution in [0.15, 0.2) is 47.4 Å². The van der Waals surface area contributed by atoms with Crippen molar-refractivity contribution in [2.24, 2.45) is 0 Å². The molecule has 174 valence electrons.